The summed E-state index contributed by atoms with van der Waals surface area (Å²) < 4.78 is 0.761. The fourth-order valence-corrected chi connectivity index (χ4v) is 3.79. The maximum absolute atomic E-state index is 12.4. The lowest BCUT2D eigenvalue weighted by Crippen LogP contribution is -2.30. The summed E-state index contributed by atoms with van der Waals surface area (Å²) in [7, 11) is 0. The number of aromatic carboxylic acids is 2. The number of carboxylic acid groups (broad SMARTS) is 2. The molecule has 0 bridgehead atoms. The third-order valence-electron chi connectivity index (χ3n) is 5.80. The highest BCUT2D eigenvalue weighted by Crippen LogP contribution is 2.33. The Labute approximate surface area is 228 Å². The molecule has 0 radical (unpaired) electrons. The van der Waals surface area contributed by atoms with Gasteiger partial charge in [0.05, 0.1) is 27.9 Å². The number of hydrogen-bond acceptors (Lipinski definition) is 8. The van der Waals surface area contributed by atoms with Crippen LogP contribution in [-0.4, -0.2) is 52.0 Å². The molecular formula is C28H19N3O10. The number of benzene rings is 2. The zero-order valence-corrected chi connectivity index (χ0v) is 20.7. The van der Waals surface area contributed by atoms with Gasteiger partial charge in [-0.15, -0.1) is 5.73 Å². The lowest BCUT2D eigenvalue weighted by molar-refractivity contribution is 0.0686. The van der Waals surface area contributed by atoms with Crippen LogP contribution in [0.15, 0.2) is 80.8 Å². The average molecular weight is 557 g/mol. The standard InChI is InChI=1S/C28H19N3O10/c32-21-18(22(33)29-24(35)20(21)14-6-8-15(9-7-14)26(37)38)4-2-1-3-5-19-23(34)30-28(41)31(25(19)36)17-12-10-16(11-13-17)27(39)40/h1-2,4-13,36H,(H,37,38)(H,39,40)(H,30,34,41)(H3,29,32,33,35). The molecule has 0 fully saturated rings. The summed E-state index contributed by atoms with van der Waals surface area (Å²) in [6.07, 6.45) is 4.79. The van der Waals surface area contributed by atoms with Crippen LogP contribution in [0.3, 0.4) is 0 Å². The largest absolute Gasteiger partial charge is 0.506 e. The van der Waals surface area contributed by atoms with E-state index in [1.807, 2.05) is 4.98 Å². The van der Waals surface area contributed by atoms with Gasteiger partial charge in [-0.1, -0.05) is 18.2 Å². The van der Waals surface area contributed by atoms with E-state index in [4.69, 9.17) is 10.2 Å². The number of aromatic amines is 2. The fourth-order valence-electron chi connectivity index (χ4n) is 3.79. The first-order valence-electron chi connectivity index (χ1n) is 11.5. The van der Waals surface area contributed by atoms with Gasteiger partial charge < -0.3 is 25.5 Å². The maximum Gasteiger partial charge on any atom is 0.335 e. The number of hydrogen-bond donors (Lipinski definition) is 7. The predicted molar refractivity (Wildman–Crippen MR) is 146 cm³/mol. The molecule has 41 heavy (non-hydrogen) atoms. The molecule has 206 valence electrons. The molecule has 13 nitrogen and oxygen atoms in total. The molecule has 0 aliphatic carbocycles. The Morgan fingerprint density at radius 1 is 0.780 bits per heavy atom. The zero-order valence-electron chi connectivity index (χ0n) is 20.7. The third kappa shape index (κ3) is 5.60. The van der Waals surface area contributed by atoms with Gasteiger partial charge in [-0.2, -0.15) is 0 Å². The van der Waals surface area contributed by atoms with Gasteiger partial charge >= 0.3 is 17.6 Å². The number of nitrogens with zero attached hydrogens (tertiary/aromatic N) is 1. The second-order valence-electron chi connectivity index (χ2n) is 8.34. The summed E-state index contributed by atoms with van der Waals surface area (Å²) in [5, 5.41) is 49.5. The van der Waals surface area contributed by atoms with Crippen molar-refractivity contribution in [1.82, 2.24) is 14.5 Å². The Morgan fingerprint density at radius 3 is 1.95 bits per heavy atom. The van der Waals surface area contributed by atoms with E-state index in [0.29, 0.717) is 0 Å². The lowest BCUT2D eigenvalue weighted by atomic mass is 10.0. The summed E-state index contributed by atoms with van der Waals surface area (Å²) >= 11 is 0. The third-order valence-corrected chi connectivity index (χ3v) is 5.80. The van der Waals surface area contributed by atoms with Crippen molar-refractivity contribution in [1.29, 1.82) is 0 Å². The van der Waals surface area contributed by atoms with Gasteiger partial charge in [-0.3, -0.25) is 19.6 Å². The Kier molecular flexibility index (Phi) is 7.56. The van der Waals surface area contributed by atoms with Crippen molar-refractivity contribution in [2.45, 2.75) is 0 Å². The van der Waals surface area contributed by atoms with Crippen LogP contribution < -0.4 is 16.8 Å². The van der Waals surface area contributed by atoms with E-state index in [1.54, 1.807) is 0 Å². The minimum absolute atomic E-state index is 0.0307. The Morgan fingerprint density at radius 2 is 1.37 bits per heavy atom. The summed E-state index contributed by atoms with van der Waals surface area (Å²) in [6, 6.07) is 10.1. The normalized spacial score (nSPS) is 10.7. The van der Waals surface area contributed by atoms with Crippen molar-refractivity contribution in [3.8, 4) is 34.3 Å². The van der Waals surface area contributed by atoms with Crippen LogP contribution in [-0.2, 0) is 0 Å². The quantitative estimate of drug-likeness (QED) is 0.130. The van der Waals surface area contributed by atoms with Crippen molar-refractivity contribution in [2.24, 2.45) is 0 Å². The first-order valence-corrected chi connectivity index (χ1v) is 11.5. The van der Waals surface area contributed by atoms with Gasteiger partial charge in [0.15, 0.2) is 0 Å². The topological polar surface area (TPSA) is 223 Å². The van der Waals surface area contributed by atoms with Crippen LogP contribution in [0, 0.1) is 0 Å². The molecule has 4 rings (SSSR count). The van der Waals surface area contributed by atoms with E-state index < -0.39 is 46.3 Å². The molecular weight excluding hydrogens is 538 g/mol. The first-order chi connectivity index (χ1) is 19.5. The van der Waals surface area contributed by atoms with E-state index in [2.05, 4.69) is 10.7 Å². The molecule has 2 aromatic heterocycles. The van der Waals surface area contributed by atoms with Crippen molar-refractivity contribution in [2.75, 3.05) is 0 Å². The van der Waals surface area contributed by atoms with Gasteiger partial charge in [-0.05, 0) is 60.2 Å². The highest BCUT2D eigenvalue weighted by Gasteiger charge is 2.17. The van der Waals surface area contributed by atoms with Gasteiger partial charge in [-0.25, -0.2) is 19.0 Å². The molecule has 0 atom stereocenters. The molecule has 0 saturated heterocycles. The number of rotatable bonds is 7. The number of aromatic nitrogens is 3. The highest BCUT2D eigenvalue weighted by atomic mass is 16.4. The number of nitrogens with one attached hydrogen (secondary N) is 2. The van der Waals surface area contributed by atoms with Gasteiger partial charge in [0.1, 0.15) is 11.3 Å². The summed E-state index contributed by atoms with van der Waals surface area (Å²) in [5.41, 5.74) is -0.666. The maximum atomic E-state index is 12.4. The zero-order chi connectivity index (χ0) is 29.8. The van der Waals surface area contributed by atoms with Crippen LogP contribution in [0.2, 0.25) is 0 Å². The van der Waals surface area contributed by atoms with Gasteiger partial charge in [0.2, 0.25) is 11.8 Å². The van der Waals surface area contributed by atoms with Crippen LogP contribution in [0.25, 0.3) is 29.0 Å². The smallest absolute Gasteiger partial charge is 0.335 e. The number of carboxylic acids is 2. The van der Waals surface area contributed by atoms with Crippen LogP contribution in [0.1, 0.15) is 31.8 Å². The van der Waals surface area contributed by atoms with E-state index in [0.717, 1.165) is 10.6 Å². The average Bonchev–Trinajstić information content (AvgIpc) is 2.92. The fraction of sp³-hybridized carbons (Fsp3) is 0. The van der Waals surface area contributed by atoms with Crippen LogP contribution in [0.5, 0.6) is 17.5 Å². The van der Waals surface area contributed by atoms with Crippen molar-refractivity contribution in [3.63, 3.8) is 0 Å². The number of allylic oxidation sites excluding steroid dienone is 2. The van der Waals surface area contributed by atoms with Crippen molar-refractivity contribution >= 4 is 24.1 Å². The van der Waals surface area contributed by atoms with Gasteiger partial charge in [0.25, 0.3) is 11.1 Å². The van der Waals surface area contributed by atoms with E-state index in [9.17, 15) is 39.3 Å². The lowest BCUT2D eigenvalue weighted by Gasteiger charge is -2.09. The molecule has 2 heterocycles. The molecule has 2 aromatic carbocycles. The monoisotopic (exact) mass is 557 g/mol. The molecule has 0 saturated carbocycles. The Hall–Kier alpha value is -6.33. The number of aromatic hydroxyl groups is 3. The van der Waals surface area contributed by atoms with Crippen molar-refractivity contribution < 1.29 is 35.1 Å². The molecule has 0 unspecified atom stereocenters. The van der Waals surface area contributed by atoms with E-state index in [-0.39, 0.29) is 39.1 Å². The van der Waals surface area contributed by atoms with E-state index >= 15 is 0 Å². The second kappa shape index (κ2) is 11.2. The van der Waals surface area contributed by atoms with Crippen LogP contribution in [0.4, 0.5) is 0 Å². The SMILES string of the molecule is O=C(O)c1ccc(-c2c(O)c(C=CC=C=Cc3c(O)n(-c4ccc(C(=O)O)cc4)c(=O)[nH]c3=O)c(O)[nH]c2=O)cc1. The highest BCUT2D eigenvalue weighted by molar-refractivity contribution is 5.89. The summed E-state index contributed by atoms with van der Waals surface area (Å²) in [5.74, 6) is -4.33. The Bertz CT molecular complexity index is 1960. The predicted octanol–water partition coefficient (Wildman–Crippen LogP) is 2.28. The van der Waals surface area contributed by atoms with Gasteiger partial charge in [0, 0.05) is 0 Å². The minimum Gasteiger partial charge on any atom is -0.506 e. The minimum atomic E-state index is -1.19. The summed E-state index contributed by atoms with van der Waals surface area (Å²) in [6.45, 7) is 0. The molecule has 13 heteroatoms. The summed E-state index contributed by atoms with van der Waals surface area (Å²) in [4.78, 5) is 63.3. The molecule has 0 aliphatic rings. The molecule has 4 aromatic rings. The second-order valence-corrected chi connectivity index (χ2v) is 8.34. The number of carbonyl (C=O) groups is 2. The van der Waals surface area contributed by atoms with E-state index in [1.165, 1.54) is 66.8 Å². The Balaban J connectivity index is 1.67. The van der Waals surface area contributed by atoms with Crippen molar-refractivity contribution in [3.05, 3.63) is 120 Å². The molecule has 7 N–H and O–H groups in total. The molecule has 0 aliphatic heterocycles. The molecule has 0 spiro atoms. The number of H-pyrrole nitrogens is 2. The van der Waals surface area contributed by atoms with Crippen LogP contribution >= 0.6 is 0 Å². The first kappa shape index (κ1) is 27.7. The number of pyridine rings is 1. The molecule has 0 amide bonds.